The molecule has 1 unspecified atom stereocenters. The number of nitrogens with one attached hydrogen (secondary N) is 1. The van der Waals surface area contributed by atoms with Gasteiger partial charge in [-0.2, -0.15) is 0 Å². The van der Waals surface area contributed by atoms with Gasteiger partial charge in [-0.3, -0.25) is 4.90 Å². The van der Waals surface area contributed by atoms with E-state index in [-0.39, 0.29) is 0 Å². The molecule has 0 aromatic carbocycles. The van der Waals surface area contributed by atoms with Gasteiger partial charge < -0.3 is 10.2 Å². The lowest BCUT2D eigenvalue weighted by Gasteiger charge is -2.30. The van der Waals surface area contributed by atoms with Crippen molar-refractivity contribution in [1.29, 1.82) is 0 Å². The first kappa shape index (κ1) is 13.9. The minimum Gasteiger partial charge on any atom is -0.313 e. The Morgan fingerprint density at radius 1 is 1.31 bits per heavy atom. The maximum Gasteiger partial charge on any atom is 0.0220 e. The zero-order valence-electron chi connectivity index (χ0n) is 11.5. The van der Waals surface area contributed by atoms with Crippen LogP contribution in [0.15, 0.2) is 0 Å². The van der Waals surface area contributed by atoms with Crippen LogP contribution in [-0.2, 0) is 0 Å². The van der Waals surface area contributed by atoms with E-state index in [2.05, 4.69) is 42.9 Å². The van der Waals surface area contributed by atoms with Gasteiger partial charge in [0, 0.05) is 31.7 Å². The summed E-state index contributed by atoms with van der Waals surface area (Å²) >= 11 is 0. The standard InChI is InChI=1S/C13H29N3/c1-5-13-11-15(4)8-6-9-16(13)10-7-14-12(2)3/h12-14H,5-11H2,1-4H3. The molecule has 1 saturated heterocycles. The molecule has 0 bridgehead atoms. The Hall–Kier alpha value is -0.120. The van der Waals surface area contributed by atoms with Crippen molar-refractivity contribution in [3.63, 3.8) is 0 Å². The van der Waals surface area contributed by atoms with E-state index in [9.17, 15) is 0 Å². The Balaban J connectivity index is 2.36. The van der Waals surface area contributed by atoms with Crippen molar-refractivity contribution in [2.75, 3.05) is 39.8 Å². The molecular formula is C13H29N3. The van der Waals surface area contributed by atoms with Gasteiger partial charge in [-0.25, -0.2) is 0 Å². The number of hydrogen-bond donors (Lipinski definition) is 1. The maximum absolute atomic E-state index is 3.51. The molecule has 1 rings (SSSR count). The van der Waals surface area contributed by atoms with Crippen LogP contribution in [0.3, 0.4) is 0 Å². The van der Waals surface area contributed by atoms with Crippen LogP contribution in [0, 0.1) is 0 Å². The van der Waals surface area contributed by atoms with Gasteiger partial charge in [0.15, 0.2) is 0 Å². The highest BCUT2D eigenvalue weighted by molar-refractivity contribution is 4.78. The first-order valence-corrected chi connectivity index (χ1v) is 6.79. The highest BCUT2D eigenvalue weighted by Crippen LogP contribution is 2.11. The lowest BCUT2D eigenvalue weighted by molar-refractivity contribution is 0.183. The quantitative estimate of drug-likeness (QED) is 0.766. The van der Waals surface area contributed by atoms with E-state index in [1.807, 2.05) is 0 Å². The normalized spacial score (nSPS) is 24.9. The number of hydrogen-bond acceptors (Lipinski definition) is 3. The van der Waals surface area contributed by atoms with Crippen LogP contribution in [0.5, 0.6) is 0 Å². The SMILES string of the molecule is CCC1CN(C)CCCN1CCNC(C)C. The van der Waals surface area contributed by atoms with Crippen molar-refractivity contribution in [3.8, 4) is 0 Å². The molecule has 1 fully saturated rings. The Kier molecular flexibility index (Phi) is 6.32. The van der Waals surface area contributed by atoms with Gasteiger partial charge in [0.2, 0.25) is 0 Å². The van der Waals surface area contributed by atoms with Gasteiger partial charge in [-0.1, -0.05) is 20.8 Å². The molecule has 1 aliphatic heterocycles. The zero-order chi connectivity index (χ0) is 12.0. The Morgan fingerprint density at radius 3 is 2.69 bits per heavy atom. The summed E-state index contributed by atoms with van der Waals surface area (Å²) in [5, 5.41) is 3.51. The number of likely N-dealkylation sites (N-methyl/N-ethyl adjacent to an activating group) is 1. The van der Waals surface area contributed by atoms with E-state index >= 15 is 0 Å². The fraction of sp³-hybridized carbons (Fsp3) is 1.00. The third-order valence-electron chi connectivity index (χ3n) is 3.45. The smallest absolute Gasteiger partial charge is 0.0220 e. The summed E-state index contributed by atoms with van der Waals surface area (Å²) in [4.78, 5) is 5.14. The molecule has 1 N–H and O–H groups in total. The van der Waals surface area contributed by atoms with Crippen LogP contribution in [0.1, 0.15) is 33.6 Å². The van der Waals surface area contributed by atoms with Gasteiger partial charge >= 0.3 is 0 Å². The Bertz CT molecular complexity index is 182. The average molecular weight is 227 g/mol. The second kappa shape index (κ2) is 7.25. The summed E-state index contributed by atoms with van der Waals surface area (Å²) in [6, 6.07) is 1.36. The summed E-state index contributed by atoms with van der Waals surface area (Å²) in [6.07, 6.45) is 2.58. The van der Waals surface area contributed by atoms with Gasteiger partial charge in [-0.05, 0) is 33.0 Å². The third-order valence-corrected chi connectivity index (χ3v) is 3.45. The number of nitrogens with zero attached hydrogens (tertiary/aromatic N) is 2. The molecule has 1 heterocycles. The molecule has 0 aromatic rings. The fourth-order valence-electron chi connectivity index (χ4n) is 2.47. The molecule has 3 nitrogen and oxygen atoms in total. The molecule has 0 saturated carbocycles. The van der Waals surface area contributed by atoms with E-state index in [0.717, 1.165) is 12.6 Å². The zero-order valence-corrected chi connectivity index (χ0v) is 11.5. The van der Waals surface area contributed by atoms with Gasteiger partial charge in [0.1, 0.15) is 0 Å². The molecule has 0 aromatic heterocycles. The summed E-state index contributed by atoms with van der Waals surface area (Å²) < 4.78 is 0. The van der Waals surface area contributed by atoms with Gasteiger partial charge in [0.05, 0.1) is 0 Å². The molecule has 1 atom stereocenters. The van der Waals surface area contributed by atoms with Crippen LogP contribution in [0.2, 0.25) is 0 Å². The lowest BCUT2D eigenvalue weighted by atomic mass is 10.2. The monoisotopic (exact) mass is 227 g/mol. The van der Waals surface area contributed by atoms with E-state index in [1.54, 1.807) is 0 Å². The molecular weight excluding hydrogens is 198 g/mol. The van der Waals surface area contributed by atoms with Crippen molar-refractivity contribution in [3.05, 3.63) is 0 Å². The minimum absolute atomic E-state index is 0.606. The van der Waals surface area contributed by atoms with E-state index < -0.39 is 0 Å². The molecule has 0 radical (unpaired) electrons. The first-order valence-electron chi connectivity index (χ1n) is 6.79. The highest BCUT2D eigenvalue weighted by Gasteiger charge is 2.21. The summed E-state index contributed by atoms with van der Waals surface area (Å²) in [7, 11) is 2.25. The third kappa shape index (κ3) is 4.81. The van der Waals surface area contributed by atoms with Crippen LogP contribution in [0.25, 0.3) is 0 Å². The maximum atomic E-state index is 3.51. The number of rotatable bonds is 5. The molecule has 0 spiro atoms. The fourth-order valence-corrected chi connectivity index (χ4v) is 2.47. The van der Waals surface area contributed by atoms with Crippen LogP contribution < -0.4 is 5.32 Å². The molecule has 0 aliphatic carbocycles. The molecule has 0 amide bonds. The van der Waals surface area contributed by atoms with Crippen LogP contribution >= 0.6 is 0 Å². The molecule has 1 aliphatic rings. The second-order valence-electron chi connectivity index (χ2n) is 5.32. The predicted octanol–water partition coefficient (Wildman–Crippen LogP) is 1.40. The minimum atomic E-state index is 0.606. The summed E-state index contributed by atoms with van der Waals surface area (Å²) in [6.45, 7) is 12.8. The van der Waals surface area contributed by atoms with Crippen LogP contribution in [-0.4, -0.2) is 61.7 Å². The van der Waals surface area contributed by atoms with Gasteiger partial charge in [0.25, 0.3) is 0 Å². The highest BCUT2D eigenvalue weighted by atomic mass is 15.2. The molecule has 16 heavy (non-hydrogen) atoms. The molecule has 96 valence electrons. The lowest BCUT2D eigenvalue weighted by Crippen LogP contribution is -2.43. The Labute approximate surface area is 101 Å². The van der Waals surface area contributed by atoms with Crippen molar-refractivity contribution in [2.45, 2.75) is 45.7 Å². The summed E-state index contributed by atoms with van der Waals surface area (Å²) in [5.74, 6) is 0. The summed E-state index contributed by atoms with van der Waals surface area (Å²) in [5.41, 5.74) is 0. The van der Waals surface area contributed by atoms with Crippen LogP contribution in [0.4, 0.5) is 0 Å². The van der Waals surface area contributed by atoms with Gasteiger partial charge in [-0.15, -0.1) is 0 Å². The van der Waals surface area contributed by atoms with Crippen molar-refractivity contribution >= 4 is 0 Å². The molecule has 3 heteroatoms. The largest absolute Gasteiger partial charge is 0.313 e. The second-order valence-corrected chi connectivity index (χ2v) is 5.32. The Morgan fingerprint density at radius 2 is 2.06 bits per heavy atom. The van der Waals surface area contributed by atoms with Crippen molar-refractivity contribution < 1.29 is 0 Å². The van der Waals surface area contributed by atoms with Crippen molar-refractivity contribution in [1.82, 2.24) is 15.1 Å². The van der Waals surface area contributed by atoms with E-state index in [4.69, 9.17) is 0 Å². The predicted molar refractivity (Wildman–Crippen MR) is 70.9 cm³/mol. The average Bonchev–Trinajstić information content (AvgIpc) is 2.40. The van der Waals surface area contributed by atoms with Crippen molar-refractivity contribution in [2.24, 2.45) is 0 Å². The first-order chi connectivity index (χ1) is 7.63. The van der Waals surface area contributed by atoms with E-state index in [0.29, 0.717) is 6.04 Å². The van der Waals surface area contributed by atoms with E-state index in [1.165, 1.54) is 39.0 Å². The topological polar surface area (TPSA) is 18.5 Å².